The van der Waals surface area contributed by atoms with Gasteiger partial charge < -0.3 is 4.90 Å². The predicted octanol–water partition coefficient (Wildman–Crippen LogP) is 0.493. The maximum Gasteiger partial charge on any atom is 0.341 e. The predicted molar refractivity (Wildman–Crippen MR) is 45.5 cm³/mol. The fraction of sp³-hybridized carbons (Fsp3) is 0.750. The fourth-order valence-electron chi connectivity index (χ4n) is 1.36. The van der Waals surface area contributed by atoms with Crippen molar-refractivity contribution in [1.82, 2.24) is 10.4 Å². The lowest BCUT2D eigenvalue weighted by atomic mass is 9.99. The number of carbonyl (C=O) groups excluding carboxylic acids is 1. The maximum atomic E-state index is 11.2. The SMILES string of the molecule is CONC(=O)N1CCC(C#N)CC1. The molecule has 0 bridgehead atoms. The van der Waals surface area contributed by atoms with Crippen molar-refractivity contribution in [1.29, 1.82) is 5.26 Å². The lowest BCUT2D eigenvalue weighted by Gasteiger charge is -2.28. The highest BCUT2D eigenvalue weighted by Gasteiger charge is 2.21. The number of nitriles is 1. The zero-order valence-electron chi connectivity index (χ0n) is 7.62. The molecule has 0 saturated carbocycles. The molecule has 0 spiro atoms. The Morgan fingerprint density at radius 2 is 2.23 bits per heavy atom. The summed E-state index contributed by atoms with van der Waals surface area (Å²) in [5.41, 5.74) is 2.25. The van der Waals surface area contributed by atoms with Crippen LogP contribution in [0.25, 0.3) is 0 Å². The van der Waals surface area contributed by atoms with E-state index in [0.29, 0.717) is 13.1 Å². The molecule has 1 N–H and O–H groups in total. The first kappa shape index (κ1) is 9.81. The van der Waals surface area contributed by atoms with Crippen LogP contribution >= 0.6 is 0 Å². The summed E-state index contributed by atoms with van der Waals surface area (Å²) in [6, 6.07) is 1.98. The van der Waals surface area contributed by atoms with Crippen LogP contribution in [-0.2, 0) is 4.84 Å². The van der Waals surface area contributed by atoms with Gasteiger partial charge in [-0.2, -0.15) is 5.26 Å². The van der Waals surface area contributed by atoms with Gasteiger partial charge in [-0.05, 0) is 12.8 Å². The molecule has 0 radical (unpaired) electrons. The van der Waals surface area contributed by atoms with Crippen LogP contribution in [0.4, 0.5) is 4.79 Å². The minimum atomic E-state index is -0.223. The standard InChI is InChI=1S/C8H13N3O2/c1-13-10-8(12)11-4-2-7(6-9)3-5-11/h7H,2-5H2,1H3,(H,10,12). The number of hydrogen-bond donors (Lipinski definition) is 1. The first-order valence-electron chi connectivity index (χ1n) is 4.25. The molecule has 0 aromatic rings. The topological polar surface area (TPSA) is 65.4 Å². The monoisotopic (exact) mass is 183 g/mol. The second-order valence-corrected chi connectivity index (χ2v) is 3.00. The molecule has 72 valence electrons. The highest BCUT2D eigenvalue weighted by Crippen LogP contribution is 2.15. The molecule has 5 nitrogen and oxygen atoms in total. The molecule has 1 aliphatic heterocycles. The molecule has 0 aliphatic carbocycles. The smallest absolute Gasteiger partial charge is 0.323 e. The van der Waals surface area contributed by atoms with E-state index in [2.05, 4.69) is 16.4 Å². The second kappa shape index (κ2) is 4.67. The summed E-state index contributed by atoms with van der Waals surface area (Å²) >= 11 is 0. The first-order chi connectivity index (χ1) is 6.27. The van der Waals surface area contributed by atoms with E-state index in [1.807, 2.05) is 0 Å². The van der Waals surface area contributed by atoms with Gasteiger partial charge in [0, 0.05) is 19.0 Å². The van der Waals surface area contributed by atoms with E-state index in [4.69, 9.17) is 5.26 Å². The van der Waals surface area contributed by atoms with E-state index in [-0.39, 0.29) is 11.9 Å². The Hall–Kier alpha value is -1.28. The largest absolute Gasteiger partial charge is 0.341 e. The van der Waals surface area contributed by atoms with Gasteiger partial charge in [0.25, 0.3) is 0 Å². The first-order valence-corrected chi connectivity index (χ1v) is 4.25. The maximum absolute atomic E-state index is 11.2. The minimum Gasteiger partial charge on any atom is -0.323 e. The highest BCUT2D eigenvalue weighted by molar-refractivity contribution is 5.73. The molecule has 13 heavy (non-hydrogen) atoms. The molecule has 1 saturated heterocycles. The summed E-state index contributed by atoms with van der Waals surface area (Å²) < 4.78 is 0. The van der Waals surface area contributed by atoms with Crippen molar-refractivity contribution in [3.63, 3.8) is 0 Å². The molecule has 1 rings (SSSR count). The molecular formula is C8H13N3O2. The van der Waals surface area contributed by atoms with Gasteiger partial charge in [-0.25, -0.2) is 10.3 Å². The Bertz CT molecular complexity index is 216. The van der Waals surface area contributed by atoms with Crippen molar-refractivity contribution in [3.05, 3.63) is 0 Å². The number of hydrogen-bond acceptors (Lipinski definition) is 3. The van der Waals surface area contributed by atoms with Gasteiger partial charge >= 0.3 is 6.03 Å². The third-order valence-corrected chi connectivity index (χ3v) is 2.15. The van der Waals surface area contributed by atoms with E-state index in [1.165, 1.54) is 7.11 Å². The van der Waals surface area contributed by atoms with Crippen molar-refractivity contribution < 1.29 is 9.63 Å². The number of hydroxylamine groups is 1. The van der Waals surface area contributed by atoms with Gasteiger partial charge in [0.2, 0.25) is 0 Å². The molecule has 1 heterocycles. The number of likely N-dealkylation sites (tertiary alicyclic amines) is 1. The zero-order valence-corrected chi connectivity index (χ0v) is 7.62. The average molecular weight is 183 g/mol. The normalized spacial score (nSPS) is 18.0. The molecule has 0 atom stereocenters. The highest BCUT2D eigenvalue weighted by atomic mass is 16.6. The average Bonchev–Trinajstić information content (AvgIpc) is 2.18. The van der Waals surface area contributed by atoms with Crippen LogP contribution in [-0.4, -0.2) is 31.1 Å². The number of nitrogens with zero attached hydrogens (tertiary/aromatic N) is 2. The Morgan fingerprint density at radius 3 is 2.69 bits per heavy atom. The number of amides is 2. The quantitative estimate of drug-likeness (QED) is 0.602. The molecule has 1 fully saturated rings. The summed E-state index contributed by atoms with van der Waals surface area (Å²) in [5, 5.41) is 8.63. The second-order valence-electron chi connectivity index (χ2n) is 3.00. The molecule has 2 amide bonds. The van der Waals surface area contributed by atoms with Crippen molar-refractivity contribution in [3.8, 4) is 6.07 Å². The van der Waals surface area contributed by atoms with Gasteiger partial charge in [0.15, 0.2) is 0 Å². The van der Waals surface area contributed by atoms with Crippen molar-refractivity contribution >= 4 is 6.03 Å². The van der Waals surface area contributed by atoms with Crippen LogP contribution in [0.5, 0.6) is 0 Å². The number of rotatable bonds is 1. The van der Waals surface area contributed by atoms with Crippen molar-refractivity contribution in [2.45, 2.75) is 12.8 Å². The van der Waals surface area contributed by atoms with Crippen LogP contribution < -0.4 is 5.48 Å². The summed E-state index contributed by atoms with van der Waals surface area (Å²) in [6.45, 7) is 1.26. The van der Waals surface area contributed by atoms with Crippen LogP contribution in [0.2, 0.25) is 0 Å². The molecular weight excluding hydrogens is 170 g/mol. The van der Waals surface area contributed by atoms with E-state index < -0.39 is 0 Å². The van der Waals surface area contributed by atoms with Crippen LogP contribution in [0.15, 0.2) is 0 Å². The van der Waals surface area contributed by atoms with E-state index in [9.17, 15) is 4.79 Å². The third kappa shape index (κ3) is 2.60. The van der Waals surface area contributed by atoms with Gasteiger partial charge in [-0.3, -0.25) is 4.84 Å². The summed E-state index contributed by atoms with van der Waals surface area (Å²) in [4.78, 5) is 17.4. The van der Waals surface area contributed by atoms with E-state index in [1.54, 1.807) is 4.90 Å². The summed E-state index contributed by atoms with van der Waals surface area (Å²) in [6.07, 6.45) is 1.52. The Kier molecular flexibility index (Phi) is 3.53. The molecule has 1 aliphatic rings. The van der Waals surface area contributed by atoms with Gasteiger partial charge in [-0.15, -0.1) is 0 Å². The van der Waals surface area contributed by atoms with Gasteiger partial charge in [0.1, 0.15) is 0 Å². The summed E-state index contributed by atoms with van der Waals surface area (Å²) in [5.74, 6) is 0.103. The summed E-state index contributed by atoms with van der Waals surface area (Å²) in [7, 11) is 1.40. The molecule has 0 aromatic heterocycles. The number of piperidine rings is 1. The minimum absolute atomic E-state index is 0.103. The van der Waals surface area contributed by atoms with Crippen LogP contribution in [0.3, 0.4) is 0 Å². The van der Waals surface area contributed by atoms with E-state index in [0.717, 1.165) is 12.8 Å². The molecule has 5 heteroatoms. The van der Waals surface area contributed by atoms with Crippen molar-refractivity contribution in [2.24, 2.45) is 5.92 Å². The fourth-order valence-corrected chi connectivity index (χ4v) is 1.36. The number of nitrogens with one attached hydrogen (secondary N) is 1. The number of urea groups is 1. The van der Waals surface area contributed by atoms with Crippen molar-refractivity contribution in [2.75, 3.05) is 20.2 Å². The van der Waals surface area contributed by atoms with Gasteiger partial charge in [0.05, 0.1) is 13.2 Å². The van der Waals surface area contributed by atoms with Gasteiger partial charge in [-0.1, -0.05) is 0 Å². The Balaban J connectivity index is 2.33. The zero-order chi connectivity index (χ0) is 9.68. The number of carbonyl (C=O) groups is 1. The van der Waals surface area contributed by atoms with E-state index >= 15 is 0 Å². The van der Waals surface area contributed by atoms with Crippen LogP contribution in [0, 0.1) is 17.2 Å². The third-order valence-electron chi connectivity index (χ3n) is 2.15. The molecule has 0 aromatic carbocycles. The Labute approximate surface area is 77.2 Å². The molecule has 0 unspecified atom stereocenters. The lowest BCUT2D eigenvalue weighted by Crippen LogP contribution is -2.43. The lowest BCUT2D eigenvalue weighted by molar-refractivity contribution is 0.0811. The van der Waals surface area contributed by atoms with Crippen LogP contribution in [0.1, 0.15) is 12.8 Å². The Morgan fingerprint density at radius 1 is 1.62 bits per heavy atom.